The number of rotatable bonds is 6. The lowest BCUT2D eigenvalue weighted by atomic mass is 9.86. The molecule has 1 heterocycles. The summed E-state index contributed by atoms with van der Waals surface area (Å²) in [4.78, 5) is 19.3. The van der Waals surface area contributed by atoms with Crippen LogP contribution in [0.15, 0.2) is 42.5 Å². The van der Waals surface area contributed by atoms with Gasteiger partial charge in [0.05, 0.1) is 21.1 Å². The highest BCUT2D eigenvalue weighted by molar-refractivity contribution is 6.36. The molecule has 1 aliphatic rings. The highest BCUT2D eigenvalue weighted by atomic mass is 35.5. The van der Waals surface area contributed by atoms with Crippen molar-refractivity contribution in [2.45, 2.75) is 31.7 Å². The van der Waals surface area contributed by atoms with Gasteiger partial charge >= 0.3 is 0 Å². The van der Waals surface area contributed by atoms with E-state index in [0.29, 0.717) is 18.5 Å². The smallest absolute Gasteiger partial charge is 0.252 e. The summed E-state index contributed by atoms with van der Waals surface area (Å²) in [5.74, 6) is 0.211. The Morgan fingerprint density at radius 3 is 2.55 bits per heavy atom. The number of hydrogen-bond donors (Lipinski definition) is 2. The third kappa shape index (κ3) is 5.50. The average molecular weight is 489 g/mol. The largest absolute Gasteiger partial charge is 0.377 e. The summed E-state index contributed by atoms with van der Waals surface area (Å²) in [7, 11) is 4.08. The first-order valence-electron chi connectivity index (χ1n) is 11.1. The molecule has 1 amide bonds. The van der Waals surface area contributed by atoms with E-state index in [9.17, 15) is 9.18 Å². The molecular weight excluding hydrogens is 462 g/mol. The molecule has 174 valence electrons. The number of carbonyl (C=O) groups excluding carboxylic acids is 1. The molecule has 0 radical (unpaired) electrons. The van der Waals surface area contributed by atoms with E-state index < -0.39 is 5.82 Å². The van der Waals surface area contributed by atoms with Gasteiger partial charge in [0, 0.05) is 43.8 Å². The second kappa shape index (κ2) is 10.1. The summed E-state index contributed by atoms with van der Waals surface area (Å²) in [6, 6.07) is 12.9. The Kier molecular flexibility index (Phi) is 7.25. The van der Waals surface area contributed by atoms with Crippen molar-refractivity contribution in [1.29, 1.82) is 0 Å². The maximum absolute atomic E-state index is 13.7. The Labute approximate surface area is 203 Å². The molecule has 2 N–H and O–H groups in total. The number of hydrogen-bond acceptors (Lipinski definition) is 4. The Morgan fingerprint density at radius 2 is 1.82 bits per heavy atom. The average Bonchev–Trinajstić information content (AvgIpc) is 2.80. The van der Waals surface area contributed by atoms with Crippen molar-refractivity contribution in [1.82, 2.24) is 10.3 Å². The fourth-order valence-electron chi connectivity index (χ4n) is 4.35. The topological polar surface area (TPSA) is 57.3 Å². The van der Waals surface area contributed by atoms with Crippen LogP contribution in [0.5, 0.6) is 0 Å². The monoisotopic (exact) mass is 488 g/mol. The van der Waals surface area contributed by atoms with Crippen LogP contribution in [-0.4, -0.2) is 37.6 Å². The molecule has 0 unspecified atom stereocenters. The molecule has 0 bridgehead atoms. The van der Waals surface area contributed by atoms with Crippen LogP contribution in [0.1, 0.15) is 36.0 Å². The lowest BCUT2D eigenvalue weighted by Gasteiger charge is -2.30. The Bertz CT molecular complexity index is 1160. The summed E-state index contributed by atoms with van der Waals surface area (Å²) < 4.78 is 13.7. The summed E-state index contributed by atoms with van der Waals surface area (Å²) >= 11 is 11.8. The number of halogens is 3. The summed E-state index contributed by atoms with van der Waals surface area (Å²) in [5.41, 5.74) is 2.21. The maximum atomic E-state index is 13.7. The van der Waals surface area contributed by atoms with Gasteiger partial charge in [-0.25, -0.2) is 9.37 Å². The second-order valence-corrected chi connectivity index (χ2v) is 9.57. The summed E-state index contributed by atoms with van der Waals surface area (Å²) in [6.45, 7) is 0.533. The fraction of sp³-hybridized carbons (Fsp3) is 0.360. The number of benzene rings is 2. The Balaban J connectivity index is 1.32. The molecule has 8 heteroatoms. The first-order chi connectivity index (χ1) is 15.8. The molecule has 1 saturated carbocycles. The van der Waals surface area contributed by atoms with Crippen LogP contribution in [0.3, 0.4) is 0 Å². The molecule has 3 aromatic rings. The number of para-hydroxylation sites is 1. The van der Waals surface area contributed by atoms with Crippen molar-refractivity contribution in [2.24, 2.45) is 5.92 Å². The molecule has 0 atom stereocenters. The lowest BCUT2D eigenvalue weighted by Crippen LogP contribution is -2.34. The SMILES string of the molecule is CN(C)c1cc(NC2CCC(CNC(=O)c3cc(F)c(Cl)cc3Cl)CC2)nc2ccccc12. The number of fused-ring (bicyclic) bond motifs is 1. The zero-order valence-corrected chi connectivity index (χ0v) is 20.2. The standard InChI is InChI=1S/C25H27Cl2FN4O/c1-32(2)23-13-24(31-22-6-4-3-5-17(22)23)30-16-9-7-15(8-10-16)14-29-25(33)18-11-21(28)20(27)12-19(18)26/h3-6,11-13,15-16H,7-10,14H2,1-2H3,(H,29,33)(H,30,31). The summed E-state index contributed by atoms with van der Waals surface area (Å²) in [6.07, 6.45) is 3.94. The van der Waals surface area contributed by atoms with E-state index in [0.717, 1.165) is 54.2 Å². The van der Waals surface area contributed by atoms with Crippen molar-refractivity contribution >= 4 is 51.5 Å². The predicted molar refractivity (Wildman–Crippen MR) is 134 cm³/mol. The van der Waals surface area contributed by atoms with Gasteiger partial charge in [0.1, 0.15) is 11.6 Å². The normalized spacial score (nSPS) is 18.2. The zero-order valence-electron chi connectivity index (χ0n) is 18.7. The van der Waals surface area contributed by atoms with Crippen molar-refractivity contribution < 1.29 is 9.18 Å². The zero-order chi connectivity index (χ0) is 23.5. The minimum Gasteiger partial charge on any atom is -0.377 e. The molecule has 0 spiro atoms. The minimum absolute atomic E-state index is 0.0963. The molecule has 1 aromatic heterocycles. The van der Waals surface area contributed by atoms with Gasteiger partial charge in [-0.05, 0) is 49.8 Å². The van der Waals surface area contributed by atoms with Crippen LogP contribution in [-0.2, 0) is 0 Å². The van der Waals surface area contributed by atoms with Crippen LogP contribution in [0.4, 0.5) is 15.9 Å². The van der Waals surface area contributed by atoms with Gasteiger partial charge < -0.3 is 15.5 Å². The fourth-order valence-corrected chi connectivity index (χ4v) is 4.82. The van der Waals surface area contributed by atoms with Gasteiger partial charge in [-0.15, -0.1) is 0 Å². The highest BCUT2D eigenvalue weighted by Gasteiger charge is 2.23. The van der Waals surface area contributed by atoms with Crippen molar-refractivity contribution in [3.8, 4) is 0 Å². The van der Waals surface area contributed by atoms with Crippen molar-refractivity contribution in [3.63, 3.8) is 0 Å². The van der Waals surface area contributed by atoms with Gasteiger partial charge in [0.25, 0.3) is 5.91 Å². The van der Waals surface area contributed by atoms with Crippen LogP contribution in [0, 0.1) is 11.7 Å². The molecule has 1 fully saturated rings. The van der Waals surface area contributed by atoms with E-state index in [2.05, 4.69) is 27.7 Å². The number of nitrogens with zero attached hydrogens (tertiary/aromatic N) is 2. The van der Waals surface area contributed by atoms with E-state index in [1.165, 1.54) is 6.07 Å². The Hall–Kier alpha value is -2.57. The number of pyridine rings is 1. The van der Waals surface area contributed by atoms with Crippen molar-refractivity contribution in [3.05, 3.63) is 63.9 Å². The number of amides is 1. The van der Waals surface area contributed by atoms with Crippen LogP contribution in [0.2, 0.25) is 10.0 Å². The van der Waals surface area contributed by atoms with Crippen molar-refractivity contribution in [2.75, 3.05) is 30.9 Å². The number of carbonyl (C=O) groups is 1. The third-order valence-corrected chi connectivity index (χ3v) is 6.78. The van der Waals surface area contributed by atoms with E-state index in [4.69, 9.17) is 28.2 Å². The second-order valence-electron chi connectivity index (χ2n) is 8.76. The molecule has 0 saturated heterocycles. The van der Waals surface area contributed by atoms with Crippen LogP contribution >= 0.6 is 23.2 Å². The van der Waals surface area contributed by atoms with Gasteiger partial charge in [0.2, 0.25) is 0 Å². The number of anilines is 2. The quantitative estimate of drug-likeness (QED) is 0.408. The van der Waals surface area contributed by atoms with Gasteiger partial charge in [0.15, 0.2) is 0 Å². The maximum Gasteiger partial charge on any atom is 0.252 e. The van der Waals surface area contributed by atoms with E-state index in [1.54, 1.807) is 0 Å². The van der Waals surface area contributed by atoms with E-state index >= 15 is 0 Å². The van der Waals surface area contributed by atoms with Gasteiger partial charge in [-0.2, -0.15) is 0 Å². The Morgan fingerprint density at radius 1 is 1.09 bits per heavy atom. The lowest BCUT2D eigenvalue weighted by molar-refractivity contribution is 0.0943. The first kappa shape index (κ1) is 23.6. The molecule has 5 nitrogen and oxygen atoms in total. The molecule has 2 aromatic carbocycles. The first-order valence-corrected chi connectivity index (χ1v) is 11.8. The number of aromatic nitrogens is 1. The molecule has 33 heavy (non-hydrogen) atoms. The van der Waals surface area contributed by atoms with Crippen LogP contribution < -0.4 is 15.5 Å². The van der Waals surface area contributed by atoms with E-state index in [1.807, 2.05) is 32.3 Å². The minimum atomic E-state index is -0.655. The predicted octanol–water partition coefficient (Wildman–Crippen LogP) is 6.15. The summed E-state index contributed by atoms with van der Waals surface area (Å²) in [5, 5.41) is 7.67. The number of nitrogens with one attached hydrogen (secondary N) is 2. The molecule has 0 aliphatic heterocycles. The third-order valence-electron chi connectivity index (χ3n) is 6.18. The van der Waals surface area contributed by atoms with Gasteiger partial charge in [-0.1, -0.05) is 41.4 Å². The van der Waals surface area contributed by atoms with E-state index in [-0.39, 0.29) is 21.5 Å². The van der Waals surface area contributed by atoms with Gasteiger partial charge in [-0.3, -0.25) is 4.79 Å². The molecular formula is C25H27Cl2FN4O. The highest BCUT2D eigenvalue weighted by Crippen LogP contribution is 2.30. The van der Waals surface area contributed by atoms with Crippen LogP contribution in [0.25, 0.3) is 10.9 Å². The molecule has 1 aliphatic carbocycles. The molecule has 4 rings (SSSR count).